The number of ether oxygens (including phenoxy) is 2. The predicted octanol–water partition coefficient (Wildman–Crippen LogP) is 4.59. The normalized spacial score (nSPS) is 13.2. The molecule has 1 aromatic carbocycles. The molecule has 21 heavy (non-hydrogen) atoms. The first kappa shape index (κ1) is 18.3. The van der Waals surface area contributed by atoms with Crippen LogP contribution in [0.4, 0.5) is 0 Å². The second kappa shape index (κ2) is 8.62. The molecule has 0 heterocycles. The topological polar surface area (TPSA) is 30.5 Å². The van der Waals surface area contributed by atoms with E-state index in [1.54, 1.807) is 14.2 Å². The summed E-state index contributed by atoms with van der Waals surface area (Å²) in [4.78, 5) is 0. The van der Waals surface area contributed by atoms with Crippen LogP contribution < -0.4 is 10.1 Å². The molecular weight excluding hydrogens is 286 g/mol. The Morgan fingerprint density at radius 3 is 2.57 bits per heavy atom. The van der Waals surface area contributed by atoms with E-state index < -0.39 is 0 Å². The summed E-state index contributed by atoms with van der Waals surface area (Å²) in [5, 5.41) is 4.33. The van der Waals surface area contributed by atoms with Gasteiger partial charge < -0.3 is 14.8 Å². The summed E-state index contributed by atoms with van der Waals surface area (Å²) in [6.45, 7) is 7.35. The number of rotatable bonds is 9. The molecule has 4 heteroatoms. The van der Waals surface area contributed by atoms with Gasteiger partial charge in [0.2, 0.25) is 0 Å². The third kappa shape index (κ3) is 5.85. The van der Waals surface area contributed by atoms with E-state index in [4.69, 9.17) is 21.1 Å². The first-order valence-corrected chi connectivity index (χ1v) is 7.93. The third-order valence-corrected chi connectivity index (χ3v) is 4.03. The maximum Gasteiger partial charge on any atom is 0.123 e. The standard InChI is InChI=1S/C17H28ClNO2/c1-6-11-19-15(9-10-17(2,3)21-5)14-12-13(18)7-8-16(14)20-4/h7-8,12,15,19H,6,9-11H2,1-5H3. The van der Waals surface area contributed by atoms with Crippen molar-refractivity contribution in [1.82, 2.24) is 5.32 Å². The van der Waals surface area contributed by atoms with Gasteiger partial charge in [0.15, 0.2) is 0 Å². The lowest BCUT2D eigenvalue weighted by Crippen LogP contribution is -2.28. The van der Waals surface area contributed by atoms with Gasteiger partial charge in [-0.25, -0.2) is 0 Å². The largest absolute Gasteiger partial charge is 0.496 e. The number of benzene rings is 1. The van der Waals surface area contributed by atoms with Crippen LogP contribution in [-0.4, -0.2) is 26.4 Å². The van der Waals surface area contributed by atoms with Crippen molar-refractivity contribution in [1.29, 1.82) is 0 Å². The Labute approximate surface area is 134 Å². The van der Waals surface area contributed by atoms with E-state index >= 15 is 0 Å². The first-order valence-electron chi connectivity index (χ1n) is 7.55. The van der Waals surface area contributed by atoms with Crippen molar-refractivity contribution in [3.8, 4) is 5.75 Å². The van der Waals surface area contributed by atoms with Crippen LogP contribution >= 0.6 is 11.6 Å². The molecule has 3 nitrogen and oxygen atoms in total. The number of hydrogen-bond acceptors (Lipinski definition) is 3. The summed E-state index contributed by atoms with van der Waals surface area (Å²) < 4.78 is 11.0. The van der Waals surface area contributed by atoms with Crippen molar-refractivity contribution in [2.24, 2.45) is 0 Å². The summed E-state index contributed by atoms with van der Waals surface area (Å²) in [5.74, 6) is 0.878. The van der Waals surface area contributed by atoms with Crippen LogP contribution in [0.25, 0.3) is 0 Å². The number of methoxy groups -OCH3 is 2. The fourth-order valence-electron chi connectivity index (χ4n) is 2.26. The summed E-state index contributed by atoms with van der Waals surface area (Å²) in [6.07, 6.45) is 3.02. The zero-order valence-corrected chi connectivity index (χ0v) is 14.6. The Morgan fingerprint density at radius 2 is 2.00 bits per heavy atom. The Kier molecular flexibility index (Phi) is 7.50. The van der Waals surface area contributed by atoms with E-state index in [0.29, 0.717) is 0 Å². The van der Waals surface area contributed by atoms with Crippen LogP contribution in [0.5, 0.6) is 5.75 Å². The zero-order valence-electron chi connectivity index (χ0n) is 13.8. The first-order chi connectivity index (χ1) is 9.93. The number of halogens is 1. The van der Waals surface area contributed by atoms with E-state index in [9.17, 15) is 0 Å². The van der Waals surface area contributed by atoms with Crippen molar-refractivity contribution >= 4 is 11.6 Å². The van der Waals surface area contributed by atoms with Crippen LogP contribution in [0, 0.1) is 0 Å². The van der Waals surface area contributed by atoms with Gasteiger partial charge in [0, 0.05) is 23.7 Å². The second-order valence-corrected chi connectivity index (χ2v) is 6.33. The van der Waals surface area contributed by atoms with Crippen molar-refractivity contribution in [3.63, 3.8) is 0 Å². The molecule has 0 aliphatic heterocycles. The third-order valence-electron chi connectivity index (χ3n) is 3.80. The van der Waals surface area contributed by atoms with Gasteiger partial charge in [-0.05, 0) is 57.9 Å². The van der Waals surface area contributed by atoms with E-state index in [-0.39, 0.29) is 11.6 Å². The summed E-state index contributed by atoms with van der Waals surface area (Å²) in [7, 11) is 3.46. The second-order valence-electron chi connectivity index (χ2n) is 5.90. The van der Waals surface area contributed by atoms with Crippen molar-refractivity contribution < 1.29 is 9.47 Å². The molecule has 1 N–H and O–H groups in total. The van der Waals surface area contributed by atoms with Crippen LogP contribution in [0.15, 0.2) is 18.2 Å². The van der Waals surface area contributed by atoms with Crippen molar-refractivity contribution in [2.45, 2.75) is 51.7 Å². The lowest BCUT2D eigenvalue weighted by atomic mass is 9.94. The summed E-state index contributed by atoms with van der Waals surface area (Å²) >= 11 is 6.16. The fourth-order valence-corrected chi connectivity index (χ4v) is 2.44. The lowest BCUT2D eigenvalue weighted by Gasteiger charge is -2.27. The molecule has 0 spiro atoms. The molecule has 0 aliphatic rings. The monoisotopic (exact) mass is 313 g/mol. The smallest absolute Gasteiger partial charge is 0.123 e. The Morgan fingerprint density at radius 1 is 1.29 bits per heavy atom. The van der Waals surface area contributed by atoms with Crippen LogP contribution in [0.2, 0.25) is 5.02 Å². The minimum absolute atomic E-state index is 0.127. The molecule has 0 aliphatic carbocycles. The highest BCUT2D eigenvalue weighted by atomic mass is 35.5. The zero-order chi connectivity index (χ0) is 15.9. The summed E-state index contributed by atoms with van der Waals surface area (Å²) in [5.41, 5.74) is 0.989. The number of hydrogen-bond donors (Lipinski definition) is 1. The fraction of sp³-hybridized carbons (Fsp3) is 0.647. The van der Waals surface area contributed by atoms with Gasteiger partial charge in [-0.15, -0.1) is 0 Å². The van der Waals surface area contributed by atoms with Crippen LogP contribution in [0.3, 0.4) is 0 Å². The lowest BCUT2D eigenvalue weighted by molar-refractivity contribution is 0.0116. The Bertz CT molecular complexity index is 435. The molecule has 1 unspecified atom stereocenters. The molecular formula is C17H28ClNO2. The van der Waals surface area contributed by atoms with Gasteiger partial charge in [0.25, 0.3) is 0 Å². The molecule has 120 valence electrons. The van der Waals surface area contributed by atoms with E-state index in [2.05, 4.69) is 26.1 Å². The van der Waals surface area contributed by atoms with E-state index in [0.717, 1.165) is 42.1 Å². The predicted molar refractivity (Wildman–Crippen MR) is 89.4 cm³/mol. The van der Waals surface area contributed by atoms with Gasteiger partial charge in [-0.2, -0.15) is 0 Å². The molecule has 0 saturated carbocycles. The van der Waals surface area contributed by atoms with Crippen LogP contribution in [0.1, 0.15) is 51.6 Å². The maximum absolute atomic E-state index is 6.16. The highest BCUT2D eigenvalue weighted by molar-refractivity contribution is 6.30. The molecule has 0 saturated heterocycles. The average Bonchev–Trinajstić information content (AvgIpc) is 2.47. The van der Waals surface area contributed by atoms with Gasteiger partial charge in [0.05, 0.1) is 12.7 Å². The molecule has 0 bridgehead atoms. The van der Waals surface area contributed by atoms with Gasteiger partial charge >= 0.3 is 0 Å². The Hall–Kier alpha value is -0.770. The quantitative estimate of drug-likeness (QED) is 0.723. The maximum atomic E-state index is 6.16. The Balaban J connectivity index is 2.93. The number of nitrogens with one attached hydrogen (secondary N) is 1. The van der Waals surface area contributed by atoms with E-state index in [1.165, 1.54) is 0 Å². The molecule has 0 radical (unpaired) electrons. The molecule has 1 rings (SSSR count). The highest BCUT2D eigenvalue weighted by Gasteiger charge is 2.22. The van der Waals surface area contributed by atoms with Gasteiger partial charge in [-0.1, -0.05) is 18.5 Å². The molecule has 1 aromatic rings. The molecule has 0 amide bonds. The molecule has 0 fully saturated rings. The minimum Gasteiger partial charge on any atom is -0.496 e. The average molecular weight is 314 g/mol. The summed E-state index contributed by atoms with van der Waals surface area (Å²) in [6, 6.07) is 6.00. The van der Waals surface area contributed by atoms with Crippen LogP contribution in [-0.2, 0) is 4.74 Å². The molecule has 0 aromatic heterocycles. The van der Waals surface area contributed by atoms with E-state index in [1.807, 2.05) is 18.2 Å². The highest BCUT2D eigenvalue weighted by Crippen LogP contribution is 2.32. The SMILES string of the molecule is CCCNC(CCC(C)(C)OC)c1cc(Cl)ccc1OC. The van der Waals surface area contributed by atoms with Crippen molar-refractivity contribution in [2.75, 3.05) is 20.8 Å². The molecule has 1 atom stereocenters. The van der Waals surface area contributed by atoms with Crippen molar-refractivity contribution in [3.05, 3.63) is 28.8 Å². The minimum atomic E-state index is -0.127. The van der Waals surface area contributed by atoms with Gasteiger partial charge in [0.1, 0.15) is 5.75 Å². The van der Waals surface area contributed by atoms with Gasteiger partial charge in [-0.3, -0.25) is 0 Å².